The molecule has 1 aromatic heterocycles. The molecule has 0 atom stereocenters. The van der Waals surface area contributed by atoms with Gasteiger partial charge in [0.1, 0.15) is 11.6 Å². The number of thiophene rings is 1. The van der Waals surface area contributed by atoms with Gasteiger partial charge in [-0.15, -0.1) is 11.3 Å². The molecule has 3 aromatic rings. The number of hydrogen-bond donors (Lipinski definition) is 0. The van der Waals surface area contributed by atoms with Crippen LogP contribution < -0.4 is 4.90 Å². The van der Waals surface area contributed by atoms with Gasteiger partial charge in [0.15, 0.2) is 0 Å². The summed E-state index contributed by atoms with van der Waals surface area (Å²) in [7, 11) is 0. The third-order valence-corrected chi connectivity index (χ3v) is 4.93. The van der Waals surface area contributed by atoms with Gasteiger partial charge in [0.2, 0.25) is 0 Å². The van der Waals surface area contributed by atoms with E-state index in [0.717, 1.165) is 16.2 Å². The van der Waals surface area contributed by atoms with Crippen LogP contribution in [0.25, 0.3) is 10.1 Å². The van der Waals surface area contributed by atoms with Gasteiger partial charge in [0.25, 0.3) is 5.91 Å². The second kappa shape index (κ2) is 4.88. The Hall–Kier alpha value is -2.27. The topological polar surface area (TPSA) is 20.3 Å². The van der Waals surface area contributed by atoms with E-state index >= 15 is 0 Å². The van der Waals surface area contributed by atoms with Gasteiger partial charge < -0.3 is 4.90 Å². The van der Waals surface area contributed by atoms with Crippen molar-refractivity contribution in [2.75, 3.05) is 11.4 Å². The van der Waals surface area contributed by atoms with Gasteiger partial charge in [-0.05, 0) is 18.6 Å². The maximum Gasteiger partial charge on any atom is 0.259 e. The smallest absolute Gasteiger partial charge is 0.259 e. The molecule has 0 bridgehead atoms. The highest BCUT2D eigenvalue weighted by molar-refractivity contribution is 7.17. The summed E-state index contributed by atoms with van der Waals surface area (Å²) in [6.45, 7) is 0.374. The van der Waals surface area contributed by atoms with E-state index in [2.05, 4.69) is 0 Å². The minimum atomic E-state index is -0.661. The number of fused-ring (bicyclic) bond motifs is 2. The molecule has 0 aliphatic carbocycles. The number of halogens is 2. The van der Waals surface area contributed by atoms with Crippen LogP contribution in [0.3, 0.4) is 0 Å². The van der Waals surface area contributed by atoms with Gasteiger partial charge in [-0.25, -0.2) is 8.78 Å². The molecule has 2 aromatic carbocycles. The van der Waals surface area contributed by atoms with Gasteiger partial charge in [0.05, 0.1) is 11.3 Å². The number of carbonyl (C=O) groups is 1. The summed E-state index contributed by atoms with van der Waals surface area (Å²) in [5.74, 6) is -1.45. The Bertz CT molecular complexity index is 903. The predicted octanol–water partition coefficient (Wildman–Crippen LogP) is 4.38. The fraction of sp³-hybridized carbons (Fsp3) is 0.118. The quantitative estimate of drug-likeness (QED) is 0.652. The summed E-state index contributed by atoms with van der Waals surface area (Å²) in [5, 5.41) is 2.68. The molecular weight excluding hydrogens is 304 g/mol. The lowest BCUT2D eigenvalue weighted by molar-refractivity contribution is 0.0991. The van der Waals surface area contributed by atoms with E-state index in [0.29, 0.717) is 29.8 Å². The average molecular weight is 315 g/mol. The molecule has 1 aliphatic rings. The fourth-order valence-electron chi connectivity index (χ4n) is 2.92. The molecule has 1 aliphatic heterocycles. The molecule has 0 fully saturated rings. The summed E-state index contributed by atoms with van der Waals surface area (Å²) in [5.41, 5.74) is 1.34. The molecule has 110 valence electrons. The van der Waals surface area contributed by atoms with Crippen LogP contribution in [0.4, 0.5) is 14.5 Å². The predicted molar refractivity (Wildman–Crippen MR) is 83.6 cm³/mol. The third-order valence-electron chi connectivity index (χ3n) is 3.97. The van der Waals surface area contributed by atoms with Crippen LogP contribution in [-0.2, 0) is 6.42 Å². The molecule has 0 spiro atoms. The zero-order chi connectivity index (χ0) is 15.3. The Kier molecular flexibility index (Phi) is 2.97. The SMILES string of the molecule is O=C(c1csc2ccccc12)N1CCc2c(F)cc(F)cc21. The van der Waals surface area contributed by atoms with Crippen LogP contribution in [0.1, 0.15) is 15.9 Å². The average Bonchev–Trinajstić information content (AvgIpc) is 3.10. The molecule has 0 unspecified atom stereocenters. The second-order valence-corrected chi connectivity index (χ2v) is 6.15. The molecule has 0 saturated heterocycles. The molecule has 5 heteroatoms. The molecular formula is C17H11F2NOS. The van der Waals surface area contributed by atoms with E-state index in [9.17, 15) is 13.6 Å². The highest BCUT2D eigenvalue weighted by atomic mass is 32.1. The molecule has 4 rings (SSSR count). The van der Waals surface area contributed by atoms with Crippen molar-refractivity contribution < 1.29 is 13.6 Å². The van der Waals surface area contributed by atoms with Gasteiger partial charge in [-0.2, -0.15) is 0 Å². The molecule has 2 nitrogen and oxygen atoms in total. The lowest BCUT2D eigenvalue weighted by atomic mass is 10.1. The number of nitrogens with zero attached hydrogens (tertiary/aromatic N) is 1. The standard InChI is InChI=1S/C17H11F2NOS/c18-10-7-14(19)12-5-6-20(15(12)8-10)17(21)13-9-22-16-4-2-1-3-11(13)16/h1-4,7-9H,5-6H2. The molecule has 0 radical (unpaired) electrons. The molecule has 0 saturated carbocycles. The Balaban J connectivity index is 1.80. The van der Waals surface area contributed by atoms with Gasteiger partial charge in [-0.1, -0.05) is 18.2 Å². The van der Waals surface area contributed by atoms with E-state index in [1.807, 2.05) is 24.3 Å². The maximum absolute atomic E-state index is 13.8. The van der Waals surface area contributed by atoms with E-state index in [1.54, 1.807) is 5.38 Å². The van der Waals surface area contributed by atoms with Gasteiger partial charge in [0, 0.05) is 33.6 Å². The number of carbonyl (C=O) groups excluding carboxylic acids is 1. The second-order valence-electron chi connectivity index (χ2n) is 5.24. The van der Waals surface area contributed by atoms with Crippen molar-refractivity contribution in [2.45, 2.75) is 6.42 Å². The first kappa shape index (κ1) is 13.4. The van der Waals surface area contributed by atoms with E-state index < -0.39 is 11.6 Å². The minimum Gasteiger partial charge on any atom is -0.307 e. The van der Waals surface area contributed by atoms with Crippen molar-refractivity contribution in [3.05, 3.63) is 64.5 Å². The van der Waals surface area contributed by atoms with E-state index in [4.69, 9.17) is 0 Å². The summed E-state index contributed by atoms with van der Waals surface area (Å²) >= 11 is 1.49. The summed E-state index contributed by atoms with van der Waals surface area (Å²) < 4.78 is 28.3. The summed E-state index contributed by atoms with van der Waals surface area (Å²) in [6.07, 6.45) is 0.412. The summed E-state index contributed by atoms with van der Waals surface area (Å²) in [6, 6.07) is 9.74. The molecule has 2 heterocycles. The van der Waals surface area contributed by atoms with Crippen LogP contribution in [0, 0.1) is 11.6 Å². The van der Waals surface area contributed by atoms with E-state index in [-0.39, 0.29) is 5.91 Å². The number of amides is 1. The van der Waals surface area contributed by atoms with Crippen LogP contribution >= 0.6 is 11.3 Å². The van der Waals surface area contributed by atoms with Crippen molar-refractivity contribution in [1.29, 1.82) is 0 Å². The largest absolute Gasteiger partial charge is 0.307 e. The zero-order valence-corrected chi connectivity index (χ0v) is 12.3. The summed E-state index contributed by atoms with van der Waals surface area (Å²) in [4.78, 5) is 14.3. The van der Waals surface area contributed by atoms with Crippen molar-refractivity contribution >= 4 is 33.0 Å². The van der Waals surface area contributed by atoms with Crippen molar-refractivity contribution in [1.82, 2.24) is 0 Å². The first-order valence-corrected chi connectivity index (χ1v) is 7.79. The van der Waals surface area contributed by atoms with Crippen LogP contribution in [0.5, 0.6) is 0 Å². The number of hydrogen-bond acceptors (Lipinski definition) is 2. The number of rotatable bonds is 1. The van der Waals surface area contributed by atoms with Crippen molar-refractivity contribution in [2.24, 2.45) is 0 Å². The van der Waals surface area contributed by atoms with Crippen LogP contribution in [-0.4, -0.2) is 12.5 Å². The lowest BCUT2D eigenvalue weighted by Crippen LogP contribution is -2.28. The Morgan fingerprint density at radius 3 is 2.86 bits per heavy atom. The third kappa shape index (κ3) is 1.93. The highest BCUT2D eigenvalue weighted by Gasteiger charge is 2.29. The Labute approximate surface area is 129 Å². The monoisotopic (exact) mass is 315 g/mol. The Morgan fingerprint density at radius 2 is 2.00 bits per heavy atom. The van der Waals surface area contributed by atoms with Crippen LogP contribution in [0.2, 0.25) is 0 Å². The van der Waals surface area contributed by atoms with Gasteiger partial charge >= 0.3 is 0 Å². The lowest BCUT2D eigenvalue weighted by Gasteiger charge is -2.17. The molecule has 1 amide bonds. The first-order chi connectivity index (χ1) is 10.6. The molecule has 22 heavy (non-hydrogen) atoms. The highest BCUT2D eigenvalue weighted by Crippen LogP contribution is 2.34. The number of anilines is 1. The normalized spacial score (nSPS) is 13.6. The maximum atomic E-state index is 13.8. The van der Waals surface area contributed by atoms with Gasteiger partial charge in [-0.3, -0.25) is 4.79 Å². The zero-order valence-electron chi connectivity index (χ0n) is 11.5. The molecule has 0 N–H and O–H groups in total. The fourth-order valence-corrected chi connectivity index (χ4v) is 3.86. The first-order valence-electron chi connectivity index (χ1n) is 6.91. The van der Waals surface area contributed by atoms with Crippen LogP contribution in [0.15, 0.2) is 41.8 Å². The van der Waals surface area contributed by atoms with E-state index in [1.165, 1.54) is 22.3 Å². The number of benzene rings is 2. The minimum absolute atomic E-state index is 0.207. The Morgan fingerprint density at radius 1 is 1.18 bits per heavy atom. The van der Waals surface area contributed by atoms with Crippen molar-refractivity contribution in [3.8, 4) is 0 Å². The van der Waals surface area contributed by atoms with Crippen molar-refractivity contribution in [3.63, 3.8) is 0 Å².